The van der Waals surface area contributed by atoms with Crippen molar-refractivity contribution in [2.75, 3.05) is 13.1 Å². The van der Waals surface area contributed by atoms with Gasteiger partial charge in [-0.25, -0.2) is 9.78 Å². The minimum Gasteiger partial charge on any atom is -0.480 e. The molecule has 8 nitrogen and oxygen atoms in total. The molecule has 9 heteroatoms. The van der Waals surface area contributed by atoms with Crippen LogP contribution in [0.3, 0.4) is 0 Å². The number of carboxylic acid groups (broad SMARTS) is 2. The fourth-order valence-corrected chi connectivity index (χ4v) is 1.98. The van der Waals surface area contributed by atoms with E-state index < -0.39 is 31.1 Å². The Morgan fingerprint density at radius 3 is 2.32 bits per heavy atom. The lowest BCUT2D eigenvalue weighted by atomic mass is 10.5. The zero-order valence-corrected chi connectivity index (χ0v) is 10.9. The molecule has 0 aliphatic heterocycles. The number of aliphatic carboxylic acids is 2. The first-order valence-electron chi connectivity index (χ1n) is 5.26. The zero-order valence-electron chi connectivity index (χ0n) is 10.1. The summed E-state index contributed by atoms with van der Waals surface area (Å²) in [6, 6.07) is -0.752. The first-order chi connectivity index (χ1) is 8.88. The lowest BCUT2D eigenvalue weighted by Crippen LogP contribution is -2.45. The van der Waals surface area contributed by atoms with Crippen LogP contribution in [0.2, 0.25) is 0 Å². The summed E-state index contributed by atoms with van der Waals surface area (Å²) in [6.07, 6.45) is 0. The van der Waals surface area contributed by atoms with Gasteiger partial charge in [-0.3, -0.25) is 9.59 Å². The number of hydrogen-bond donors (Lipinski definition) is 3. The number of rotatable bonds is 6. The van der Waals surface area contributed by atoms with Crippen molar-refractivity contribution in [3.63, 3.8) is 0 Å². The van der Waals surface area contributed by atoms with Gasteiger partial charge in [0.25, 0.3) is 0 Å². The van der Waals surface area contributed by atoms with Gasteiger partial charge >= 0.3 is 18.0 Å². The number of carboxylic acids is 2. The molecule has 0 radical (unpaired) electrons. The second-order valence-electron chi connectivity index (χ2n) is 3.68. The SMILES string of the molecule is Cc1csc(CNC(=O)N(CC(=O)O)CC(=O)O)n1. The molecule has 0 atom stereocenters. The molecular weight excluding hydrogens is 274 g/mol. The van der Waals surface area contributed by atoms with Crippen molar-refractivity contribution >= 4 is 29.3 Å². The largest absolute Gasteiger partial charge is 0.480 e. The van der Waals surface area contributed by atoms with E-state index in [2.05, 4.69) is 10.3 Å². The maximum atomic E-state index is 11.7. The average molecular weight is 287 g/mol. The van der Waals surface area contributed by atoms with E-state index >= 15 is 0 Å². The molecular formula is C10H13N3O5S. The predicted octanol–water partition coefficient (Wildman–Crippen LogP) is 0.132. The van der Waals surface area contributed by atoms with Gasteiger partial charge in [0.05, 0.1) is 6.54 Å². The molecule has 0 fully saturated rings. The Balaban J connectivity index is 2.55. The number of nitrogens with one attached hydrogen (secondary N) is 1. The molecule has 2 amide bonds. The number of carbonyl (C=O) groups excluding carboxylic acids is 1. The summed E-state index contributed by atoms with van der Waals surface area (Å²) in [6.45, 7) is 0.597. The number of urea groups is 1. The van der Waals surface area contributed by atoms with Crippen LogP contribution in [0.1, 0.15) is 10.7 Å². The molecule has 1 heterocycles. The van der Waals surface area contributed by atoms with Crippen LogP contribution in [-0.2, 0) is 16.1 Å². The third kappa shape index (κ3) is 5.34. The second-order valence-corrected chi connectivity index (χ2v) is 4.63. The highest BCUT2D eigenvalue weighted by Gasteiger charge is 2.19. The molecule has 104 valence electrons. The maximum Gasteiger partial charge on any atom is 0.323 e. The molecule has 0 aliphatic carbocycles. The fourth-order valence-electron chi connectivity index (χ4n) is 1.27. The Hall–Kier alpha value is -2.16. The van der Waals surface area contributed by atoms with Gasteiger partial charge in [0.2, 0.25) is 0 Å². The predicted molar refractivity (Wildman–Crippen MR) is 65.9 cm³/mol. The van der Waals surface area contributed by atoms with Crippen molar-refractivity contribution in [1.82, 2.24) is 15.2 Å². The normalized spacial score (nSPS) is 9.95. The fraction of sp³-hybridized carbons (Fsp3) is 0.400. The second kappa shape index (κ2) is 6.69. The van der Waals surface area contributed by atoms with Crippen molar-refractivity contribution in [3.8, 4) is 0 Å². The number of nitrogens with zero attached hydrogens (tertiary/aromatic N) is 2. The standard InChI is InChI=1S/C10H13N3O5S/c1-6-5-19-7(12-6)2-11-10(18)13(3-8(14)15)4-9(16)17/h5H,2-4H2,1H3,(H,11,18)(H,14,15)(H,16,17). The van der Waals surface area contributed by atoms with Crippen LogP contribution in [0, 0.1) is 6.92 Å². The van der Waals surface area contributed by atoms with E-state index in [0.717, 1.165) is 5.69 Å². The van der Waals surface area contributed by atoms with Gasteiger partial charge in [0.15, 0.2) is 0 Å². The molecule has 0 spiro atoms. The summed E-state index contributed by atoms with van der Waals surface area (Å²) in [5.74, 6) is -2.55. The van der Waals surface area contributed by atoms with Crippen molar-refractivity contribution in [3.05, 3.63) is 16.1 Å². The van der Waals surface area contributed by atoms with Gasteiger partial charge in [-0.2, -0.15) is 0 Å². The topological polar surface area (TPSA) is 120 Å². The number of aromatic nitrogens is 1. The lowest BCUT2D eigenvalue weighted by Gasteiger charge is -2.18. The van der Waals surface area contributed by atoms with Crippen LogP contribution in [0.25, 0.3) is 0 Å². The van der Waals surface area contributed by atoms with Crippen LogP contribution in [0.15, 0.2) is 5.38 Å². The quantitative estimate of drug-likeness (QED) is 0.684. The van der Waals surface area contributed by atoms with Crippen molar-refractivity contribution < 1.29 is 24.6 Å². The highest BCUT2D eigenvalue weighted by Crippen LogP contribution is 2.08. The van der Waals surface area contributed by atoms with Crippen molar-refractivity contribution in [1.29, 1.82) is 0 Å². The number of thiazole rings is 1. The van der Waals surface area contributed by atoms with Crippen LogP contribution in [-0.4, -0.2) is 51.2 Å². The third-order valence-corrected chi connectivity index (χ3v) is 2.96. The van der Waals surface area contributed by atoms with Crippen LogP contribution >= 0.6 is 11.3 Å². The minimum atomic E-state index is -1.28. The summed E-state index contributed by atoms with van der Waals surface area (Å²) < 4.78 is 0. The van der Waals surface area contributed by atoms with Gasteiger partial charge in [0.1, 0.15) is 18.1 Å². The first kappa shape index (κ1) is 14.9. The number of aryl methyl sites for hydroxylation is 1. The van der Waals surface area contributed by atoms with Gasteiger partial charge in [0, 0.05) is 11.1 Å². The summed E-state index contributed by atoms with van der Waals surface area (Å²) in [5, 5.41) is 22.1. The third-order valence-electron chi connectivity index (χ3n) is 2.00. The van der Waals surface area contributed by atoms with E-state index in [0.29, 0.717) is 9.91 Å². The summed E-state index contributed by atoms with van der Waals surface area (Å²) in [7, 11) is 0. The van der Waals surface area contributed by atoms with Gasteiger partial charge in [-0.05, 0) is 6.92 Å². The van der Waals surface area contributed by atoms with E-state index in [1.54, 1.807) is 0 Å². The number of amides is 2. The maximum absolute atomic E-state index is 11.7. The van der Waals surface area contributed by atoms with E-state index in [-0.39, 0.29) is 6.54 Å². The molecule has 3 N–H and O–H groups in total. The van der Waals surface area contributed by atoms with Gasteiger partial charge in [-0.1, -0.05) is 0 Å². The zero-order chi connectivity index (χ0) is 14.4. The summed E-state index contributed by atoms with van der Waals surface area (Å²) >= 11 is 1.35. The lowest BCUT2D eigenvalue weighted by molar-refractivity contribution is -0.140. The van der Waals surface area contributed by atoms with Crippen molar-refractivity contribution in [2.45, 2.75) is 13.5 Å². The summed E-state index contributed by atoms with van der Waals surface area (Å²) in [4.78, 5) is 37.6. The Morgan fingerprint density at radius 2 is 1.89 bits per heavy atom. The Bertz CT molecular complexity index is 471. The van der Waals surface area contributed by atoms with E-state index in [4.69, 9.17) is 10.2 Å². The molecule has 0 aromatic carbocycles. The molecule has 1 aromatic rings. The van der Waals surface area contributed by atoms with Crippen LogP contribution < -0.4 is 5.32 Å². The highest BCUT2D eigenvalue weighted by atomic mass is 32.1. The minimum absolute atomic E-state index is 0.132. The smallest absolute Gasteiger partial charge is 0.323 e. The highest BCUT2D eigenvalue weighted by molar-refractivity contribution is 7.09. The Labute approximate surface area is 112 Å². The van der Waals surface area contributed by atoms with E-state index in [1.165, 1.54) is 11.3 Å². The van der Waals surface area contributed by atoms with Crippen LogP contribution in [0.5, 0.6) is 0 Å². The number of hydrogen-bond acceptors (Lipinski definition) is 5. The molecule has 0 aliphatic rings. The number of carbonyl (C=O) groups is 3. The first-order valence-corrected chi connectivity index (χ1v) is 6.14. The van der Waals surface area contributed by atoms with E-state index in [9.17, 15) is 14.4 Å². The monoisotopic (exact) mass is 287 g/mol. The molecule has 0 unspecified atom stereocenters. The van der Waals surface area contributed by atoms with Gasteiger partial charge < -0.3 is 20.4 Å². The molecule has 1 rings (SSSR count). The molecule has 0 saturated heterocycles. The van der Waals surface area contributed by atoms with Gasteiger partial charge in [-0.15, -0.1) is 11.3 Å². The summed E-state index contributed by atoms with van der Waals surface area (Å²) in [5.41, 5.74) is 0.821. The molecule has 1 aromatic heterocycles. The Morgan fingerprint density at radius 1 is 1.32 bits per heavy atom. The van der Waals surface area contributed by atoms with Crippen molar-refractivity contribution in [2.24, 2.45) is 0 Å². The van der Waals surface area contributed by atoms with Crippen LogP contribution in [0.4, 0.5) is 4.79 Å². The average Bonchev–Trinajstić information content (AvgIpc) is 2.70. The molecule has 0 bridgehead atoms. The Kier molecular flexibility index (Phi) is 5.24. The van der Waals surface area contributed by atoms with E-state index in [1.807, 2.05) is 12.3 Å². The molecule has 0 saturated carbocycles. The molecule has 19 heavy (non-hydrogen) atoms.